The number of amides is 1. The number of carbonyl (C=O) groups excluding carboxylic acids is 2. The molecule has 98 valence electrons. The van der Waals surface area contributed by atoms with Gasteiger partial charge in [-0.1, -0.05) is 18.7 Å². The van der Waals surface area contributed by atoms with E-state index in [2.05, 4.69) is 11.3 Å². The van der Waals surface area contributed by atoms with E-state index < -0.39 is 5.97 Å². The lowest BCUT2D eigenvalue weighted by atomic mass is 10.1. The number of amidine groups is 1. The van der Waals surface area contributed by atoms with Crippen LogP contribution >= 0.6 is 11.8 Å². The topological polar surface area (TPSA) is 70.5 Å². The summed E-state index contributed by atoms with van der Waals surface area (Å²) in [6.07, 6.45) is 0. The molecule has 0 aromatic heterocycles. The second-order valence-electron chi connectivity index (χ2n) is 3.91. The maximum atomic E-state index is 11.7. The molecule has 0 atom stereocenters. The molecule has 1 aliphatic rings. The number of esters is 1. The van der Waals surface area contributed by atoms with E-state index in [1.54, 1.807) is 24.3 Å². The Morgan fingerprint density at radius 3 is 2.53 bits per heavy atom. The van der Waals surface area contributed by atoms with E-state index in [1.165, 1.54) is 12.0 Å². The minimum Gasteiger partial charge on any atom is -0.465 e. The first-order chi connectivity index (χ1) is 9.02. The summed E-state index contributed by atoms with van der Waals surface area (Å²) in [6.45, 7) is 3.89. The van der Waals surface area contributed by atoms with Gasteiger partial charge in [0.2, 0.25) is 0 Å². The van der Waals surface area contributed by atoms with Crippen molar-refractivity contribution in [1.29, 1.82) is 5.41 Å². The van der Waals surface area contributed by atoms with Gasteiger partial charge in [-0.2, -0.15) is 0 Å². The Kier molecular flexibility index (Phi) is 3.71. The van der Waals surface area contributed by atoms with Crippen LogP contribution in [0.4, 0.5) is 0 Å². The molecule has 1 aliphatic heterocycles. The first-order valence-electron chi connectivity index (χ1n) is 5.47. The number of benzene rings is 1. The van der Waals surface area contributed by atoms with Crippen LogP contribution in [-0.4, -0.2) is 29.1 Å². The molecular formula is C13H12N2O3S. The summed E-state index contributed by atoms with van der Waals surface area (Å²) in [5, 5.41) is 7.86. The number of hydrogen-bond donors (Lipinski definition) is 1. The predicted octanol–water partition coefficient (Wildman–Crippen LogP) is 2.00. The fourth-order valence-corrected chi connectivity index (χ4v) is 2.34. The Balaban J connectivity index is 2.12. The van der Waals surface area contributed by atoms with Gasteiger partial charge in [-0.3, -0.25) is 15.1 Å². The van der Waals surface area contributed by atoms with Gasteiger partial charge in [-0.05, 0) is 29.5 Å². The Hall–Kier alpha value is -2.08. The molecule has 0 spiro atoms. The van der Waals surface area contributed by atoms with Crippen LogP contribution in [0.2, 0.25) is 0 Å². The summed E-state index contributed by atoms with van der Waals surface area (Å²) in [5.41, 5.74) is 1.29. The normalized spacial score (nSPS) is 15.0. The summed E-state index contributed by atoms with van der Waals surface area (Å²) >= 11 is 1.06. The van der Waals surface area contributed by atoms with Crippen LogP contribution in [-0.2, 0) is 16.1 Å². The maximum absolute atomic E-state index is 11.7. The molecule has 0 unspecified atom stereocenters. The highest BCUT2D eigenvalue weighted by Crippen LogP contribution is 2.29. The molecule has 1 aromatic carbocycles. The van der Waals surface area contributed by atoms with Crippen LogP contribution in [0.15, 0.2) is 35.7 Å². The van der Waals surface area contributed by atoms with Gasteiger partial charge in [0.25, 0.3) is 5.91 Å². The van der Waals surface area contributed by atoms with Gasteiger partial charge >= 0.3 is 5.97 Å². The number of ether oxygens (including phenoxy) is 1. The average molecular weight is 276 g/mol. The highest BCUT2D eigenvalue weighted by Gasteiger charge is 2.30. The van der Waals surface area contributed by atoms with E-state index in [0.29, 0.717) is 17.0 Å². The van der Waals surface area contributed by atoms with Crippen LogP contribution in [0.5, 0.6) is 0 Å². The zero-order chi connectivity index (χ0) is 14.0. The SMILES string of the molecule is C=C1SC(=N)N(Cc2ccc(C(=O)OC)cc2)C1=O. The Labute approximate surface area is 114 Å². The largest absolute Gasteiger partial charge is 0.465 e. The van der Waals surface area contributed by atoms with E-state index in [4.69, 9.17) is 5.41 Å². The summed E-state index contributed by atoms with van der Waals surface area (Å²) in [4.78, 5) is 24.7. The van der Waals surface area contributed by atoms with Gasteiger partial charge in [0.1, 0.15) is 0 Å². The minimum absolute atomic E-state index is 0.173. The summed E-state index contributed by atoms with van der Waals surface area (Å²) in [5.74, 6) is -0.646. The van der Waals surface area contributed by atoms with Crippen molar-refractivity contribution in [3.05, 3.63) is 46.9 Å². The van der Waals surface area contributed by atoms with Gasteiger partial charge in [-0.15, -0.1) is 0 Å². The first kappa shape index (κ1) is 13.4. The molecule has 0 bridgehead atoms. The zero-order valence-electron chi connectivity index (χ0n) is 10.3. The van der Waals surface area contributed by atoms with E-state index >= 15 is 0 Å². The minimum atomic E-state index is -0.402. The van der Waals surface area contributed by atoms with Crippen LogP contribution < -0.4 is 0 Å². The van der Waals surface area contributed by atoms with E-state index in [0.717, 1.165) is 17.3 Å². The lowest BCUT2D eigenvalue weighted by Crippen LogP contribution is -2.27. The van der Waals surface area contributed by atoms with Crippen molar-refractivity contribution >= 4 is 28.8 Å². The molecule has 2 rings (SSSR count). The molecule has 19 heavy (non-hydrogen) atoms. The number of nitrogens with zero attached hydrogens (tertiary/aromatic N) is 1. The summed E-state index contributed by atoms with van der Waals surface area (Å²) in [7, 11) is 1.32. The number of methoxy groups -OCH3 is 1. The third-order valence-electron chi connectivity index (χ3n) is 2.66. The van der Waals surface area contributed by atoms with Crippen molar-refractivity contribution < 1.29 is 14.3 Å². The first-order valence-corrected chi connectivity index (χ1v) is 6.29. The van der Waals surface area contributed by atoms with Crippen molar-refractivity contribution in [1.82, 2.24) is 4.90 Å². The molecule has 1 aromatic rings. The zero-order valence-corrected chi connectivity index (χ0v) is 11.1. The molecular weight excluding hydrogens is 264 g/mol. The molecule has 1 fully saturated rings. The van der Waals surface area contributed by atoms with Crippen molar-refractivity contribution in [2.24, 2.45) is 0 Å². The highest BCUT2D eigenvalue weighted by atomic mass is 32.2. The van der Waals surface area contributed by atoms with E-state index in [1.807, 2.05) is 0 Å². The van der Waals surface area contributed by atoms with Crippen molar-refractivity contribution in [3.8, 4) is 0 Å². The number of hydrogen-bond acceptors (Lipinski definition) is 5. The van der Waals surface area contributed by atoms with Crippen LogP contribution in [0.25, 0.3) is 0 Å². The average Bonchev–Trinajstić information content (AvgIpc) is 2.65. The van der Waals surface area contributed by atoms with E-state index in [-0.39, 0.29) is 11.1 Å². The second kappa shape index (κ2) is 5.27. The quantitative estimate of drug-likeness (QED) is 0.677. The molecule has 0 radical (unpaired) electrons. The maximum Gasteiger partial charge on any atom is 0.337 e. The molecule has 0 saturated carbocycles. The van der Waals surface area contributed by atoms with Crippen molar-refractivity contribution in [2.75, 3.05) is 7.11 Å². The number of rotatable bonds is 3. The molecule has 1 amide bonds. The monoisotopic (exact) mass is 276 g/mol. The third-order valence-corrected chi connectivity index (χ3v) is 3.50. The van der Waals surface area contributed by atoms with Crippen LogP contribution in [0, 0.1) is 5.41 Å². The smallest absolute Gasteiger partial charge is 0.337 e. The van der Waals surface area contributed by atoms with Crippen molar-refractivity contribution in [2.45, 2.75) is 6.54 Å². The Morgan fingerprint density at radius 1 is 1.42 bits per heavy atom. The van der Waals surface area contributed by atoms with Crippen molar-refractivity contribution in [3.63, 3.8) is 0 Å². The van der Waals surface area contributed by atoms with Crippen LogP contribution in [0.3, 0.4) is 0 Å². The standard InChI is InChI=1S/C13H12N2O3S/c1-8-11(16)15(13(14)19-8)7-9-3-5-10(6-4-9)12(17)18-2/h3-6,14H,1,7H2,2H3. The Bertz CT molecular complexity index is 566. The molecule has 6 heteroatoms. The third kappa shape index (κ3) is 2.68. The summed E-state index contributed by atoms with van der Waals surface area (Å²) < 4.78 is 4.61. The van der Waals surface area contributed by atoms with Gasteiger partial charge in [0, 0.05) is 0 Å². The fraction of sp³-hybridized carbons (Fsp3) is 0.154. The van der Waals surface area contributed by atoms with Gasteiger partial charge in [0.15, 0.2) is 5.17 Å². The molecule has 0 aliphatic carbocycles. The number of carbonyl (C=O) groups is 2. The number of thioether (sulfide) groups is 1. The fourth-order valence-electron chi connectivity index (χ4n) is 1.65. The second-order valence-corrected chi connectivity index (χ2v) is 4.99. The number of nitrogens with one attached hydrogen (secondary N) is 1. The van der Waals surface area contributed by atoms with E-state index in [9.17, 15) is 9.59 Å². The van der Waals surface area contributed by atoms with Gasteiger partial charge in [0.05, 0.1) is 24.1 Å². The van der Waals surface area contributed by atoms with Gasteiger partial charge in [-0.25, -0.2) is 4.79 Å². The Morgan fingerprint density at radius 2 is 2.05 bits per heavy atom. The van der Waals surface area contributed by atoms with Gasteiger partial charge < -0.3 is 4.74 Å². The van der Waals surface area contributed by atoms with Crippen LogP contribution in [0.1, 0.15) is 15.9 Å². The lowest BCUT2D eigenvalue weighted by molar-refractivity contribution is -0.122. The highest BCUT2D eigenvalue weighted by molar-refractivity contribution is 8.18. The molecule has 1 heterocycles. The molecule has 1 N–H and O–H groups in total. The molecule has 1 saturated heterocycles. The summed E-state index contributed by atoms with van der Waals surface area (Å²) in [6, 6.07) is 6.73. The lowest BCUT2D eigenvalue weighted by Gasteiger charge is -2.14. The predicted molar refractivity (Wildman–Crippen MR) is 72.8 cm³/mol. The molecule has 5 nitrogen and oxygen atoms in total.